The highest BCUT2D eigenvalue weighted by atomic mass is 32.2. The van der Waals surface area contributed by atoms with E-state index in [0.717, 1.165) is 6.26 Å². The number of rotatable bonds is 4. The molecular weight excluding hydrogens is 295 g/mol. The molecule has 0 fully saturated rings. The molecule has 0 saturated carbocycles. The van der Waals surface area contributed by atoms with Crippen molar-refractivity contribution in [3.8, 4) is 0 Å². The Morgan fingerprint density at radius 1 is 1.14 bits per heavy atom. The summed E-state index contributed by atoms with van der Waals surface area (Å²) in [6.45, 7) is -0.0117. The van der Waals surface area contributed by atoms with Crippen molar-refractivity contribution in [1.82, 2.24) is 0 Å². The van der Waals surface area contributed by atoms with Gasteiger partial charge in [0.05, 0.1) is 10.5 Å². The first-order chi connectivity index (χ1) is 9.86. The first-order valence-electron chi connectivity index (χ1n) is 6.08. The minimum Gasteiger partial charge on any atom is -0.457 e. The van der Waals surface area contributed by atoms with Gasteiger partial charge in [0.15, 0.2) is 9.84 Å². The molecule has 2 aromatic carbocycles. The number of sulfone groups is 1. The number of hydrogen-bond donors (Lipinski definition) is 0. The van der Waals surface area contributed by atoms with Crippen LogP contribution >= 0.6 is 0 Å². The summed E-state index contributed by atoms with van der Waals surface area (Å²) < 4.78 is 40.7. The molecule has 0 saturated heterocycles. The van der Waals surface area contributed by atoms with Crippen LogP contribution in [0.5, 0.6) is 0 Å². The first-order valence-corrected chi connectivity index (χ1v) is 7.97. The van der Waals surface area contributed by atoms with E-state index in [4.69, 9.17) is 4.74 Å². The molecule has 6 heteroatoms. The third-order valence-electron chi connectivity index (χ3n) is 2.78. The number of ether oxygens (including phenoxy) is 1. The average molecular weight is 308 g/mol. The van der Waals surface area contributed by atoms with Gasteiger partial charge in [-0.2, -0.15) is 0 Å². The first kappa shape index (κ1) is 15.2. The molecule has 0 aliphatic rings. The Morgan fingerprint density at radius 3 is 2.43 bits per heavy atom. The molecule has 4 nitrogen and oxygen atoms in total. The quantitative estimate of drug-likeness (QED) is 0.815. The molecule has 0 heterocycles. The van der Waals surface area contributed by atoms with Crippen molar-refractivity contribution in [2.45, 2.75) is 11.5 Å². The van der Waals surface area contributed by atoms with Gasteiger partial charge < -0.3 is 4.74 Å². The monoisotopic (exact) mass is 308 g/mol. The molecule has 2 rings (SSSR count). The van der Waals surface area contributed by atoms with Gasteiger partial charge in [-0.3, -0.25) is 0 Å². The highest BCUT2D eigenvalue weighted by Gasteiger charge is 2.12. The smallest absolute Gasteiger partial charge is 0.338 e. The van der Waals surface area contributed by atoms with Gasteiger partial charge >= 0.3 is 5.97 Å². The van der Waals surface area contributed by atoms with Crippen LogP contribution in [0.4, 0.5) is 4.39 Å². The van der Waals surface area contributed by atoms with Crippen molar-refractivity contribution in [3.05, 3.63) is 65.5 Å². The topological polar surface area (TPSA) is 60.4 Å². The lowest BCUT2D eigenvalue weighted by Gasteiger charge is -2.06. The normalized spacial score (nSPS) is 11.1. The molecule has 0 aliphatic carbocycles. The fourth-order valence-electron chi connectivity index (χ4n) is 1.67. The molecule has 0 N–H and O–H groups in total. The second-order valence-corrected chi connectivity index (χ2v) is 6.52. The van der Waals surface area contributed by atoms with E-state index in [9.17, 15) is 17.6 Å². The molecule has 0 bridgehead atoms. The molecule has 0 spiro atoms. The lowest BCUT2D eigenvalue weighted by Crippen LogP contribution is -2.07. The van der Waals surface area contributed by atoms with E-state index >= 15 is 0 Å². The molecular formula is C15H13FO4S. The highest BCUT2D eigenvalue weighted by Crippen LogP contribution is 2.13. The van der Waals surface area contributed by atoms with Gasteiger partial charge in [-0.05, 0) is 35.9 Å². The Bertz CT molecular complexity index is 751. The van der Waals surface area contributed by atoms with Crippen LogP contribution in [-0.4, -0.2) is 20.6 Å². The van der Waals surface area contributed by atoms with Gasteiger partial charge in [0.1, 0.15) is 12.4 Å². The van der Waals surface area contributed by atoms with Crippen molar-refractivity contribution < 1.29 is 22.3 Å². The second-order valence-electron chi connectivity index (χ2n) is 4.50. The van der Waals surface area contributed by atoms with Crippen LogP contribution in [-0.2, 0) is 21.2 Å². The molecule has 2 aromatic rings. The number of benzene rings is 2. The lowest BCUT2D eigenvalue weighted by atomic mass is 10.2. The molecule has 0 aromatic heterocycles. The lowest BCUT2D eigenvalue weighted by molar-refractivity contribution is 0.0472. The number of esters is 1. The summed E-state index contributed by atoms with van der Waals surface area (Å²) in [5.74, 6) is -1.00. The van der Waals surface area contributed by atoms with E-state index in [1.165, 1.54) is 48.5 Å². The van der Waals surface area contributed by atoms with Crippen molar-refractivity contribution in [2.75, 3.05) is 6.26 Å². The van der Waals surface area contributed by atoms with Crippen LogP contribution in [0.25, 0.3) is 0 Å². The minimum absolute atomic E-state index is 0.0117. The van der Waals surface area contributed by atoms with Crippen molar-refractivity contribution >= 4 is 15.8 Å². The standard InChI is InChI=1S/C15H13FO4S/c1-21(18,19)14-4-2-3-12(9-14)15(17)20-10-11-5-7-13(16)8-6-11/h2-9H,10H2,1H3. The van der Waals surface area contributed by atoms with Gasteiger partial charge in [-0.25, -0.2) is 17.6 Å². The summed E-state index contributed by atoms with van der Waals surface area (Å²) in [4.78, 5) is 11.9. The van der Waals surface area contributed by atoms with Crippen LogP contribution in [0.3, 0.4) is 0 Å². The van der Waals surface area contributed by atoms with Crippen molar-refractivity contribution in [1.29, 1.82) is 0 Å². The van der Waals surface area contributed by atoms with Crippen molar-refractivity contribution in [2.24, 2.45) is 0 Å². The number of carbonyl (C=O) groups is 1. The van der Waals surface area contributed by atoms with Crippen LogP contribution in [0, 0.1) is 5.82 Å². The maximum absolute atomic E-state index is 12.7. The van der Waals surface area contributed by atoms with Gasteiger partial charge in [0.25, 0.3) is 0 Å². The highest BCUT2D eigenvalue weighted by molar-refractivity contribution is 7.90. The number of halogens is 1. The molecule has 110 valence electrons. The van der Waals surface area contributed by atoms with Gasteiger partial charge in [0.2, 0.25) is 0 Å². The number of carbonyl (C=O) groups excluding carboxylic acids is 1. The summed E-state index contributed by atoms with van der Waals surface area (Å²) in [5.41, 5.74) is 0.795. The van der Waals surface area contributed by atoms with Gasteiger partial charge in [-0.1, -0.05) is 18.2 Å². The molecule has 0 radical (unpaired) electrons. The van der Waals surface area contributed by atoms with Crippen LogP contribution in [0.2, 0.25) is 0 Å². The second kappa shape index (κ2) is 6.05. The average Bonchev–Trinajstić information content (AvgIpc) is 2.45. The zero-order valence-corrected chi connectivity index (χ0v) is 12.1. The summed E-state index contributed by atoms with van der Waals surface area (Å²) in [5, 5.41) is 0. The Labute approximate surface area is 122 Å². The zero-order valence-electron chi connectivity index (χ0n) is 11.2. The largest absolute Gasteiger partial charge is 0.457 e. The van der Waals surface area contributed by atoms with Crippen molar-refractivity contribution in [3.63, 3.8) is 0 Å². The molecule has 0 aliphatic heterocycles. The van der Waals surface area contributed by atoms with E-state index in [-0.39, 0.29) is 22.9 Å². The summed E-state index contributed by atoms with van der Waals surface area (Å²) in [7, 11) is -3.38. The van der Waals surface area contributed by atoms with Crippen LogP contribution < -0.4 is 0 Å². The summed E-state index contributed by atoms with van der Waals surface area (Å²) in [6.07, 6.45) is 1.07. The third kappa shape index (κ3) is 4.13. The van der Waals surface area contributed by atoms with E-state index in [1.807, 2.05) is 0 Å². The maximum atomic E-state index is 12.7. The molecule has 0 amide bonds. The SMILES string of the molecule is CS(=O)(=O)c1cccc(C(=O)OCc2ccc(F)cc2)c1. The zero-order chi connectivity index (χ0) is 15.5. The Kier molecular flexibility index (Phi) is 4.37. The summed E-state index contributed by atoms with van der Waals surface area (Å²) in [6, 6.07) is 11.2. The van der Waals surface area contributed by atoms with Gasteiger partial charge in [0, 0.05) is 6.26 Å². The fourth-order valence-corrected chi connectivity index (χ4v) is 2.33. The van der Waals surface area contributed by atoms with Crippen LogP contribution in [0.1, 0.15) is 15.9 Å². The third-order valence-corrected chi connectivity index (χ3v) is 3.89. The predicted molar refractivity (Wildman–Crippen MR) is 75.1 cm³/mol. The van der Waals surface area contributed by atoms with E-state index in [2.05, 4.69) is 0 Å². The van der Waals surface area contributed by atoms with Crippen LogP contribution in [0.15, 0.2) is 53.4 Å². The van der Waals surface area contributed by atoms with Gasteiger partial charge in [-0.15, -0.1) is 0 Å². The Balaban J connectivity index is 2.08. The van der Waals surface area contributed by atoms with E-state index in [1.54, 1.807) is 0 Å². The molecule has 21 heavy (non-hydrogen) atoms. The number of hydrogen-bond acceptors (Lipinski definition) is 4. The minimum atomic E-state index is -3.38. The Hall–Kier alpha value is -2.21. The summed E-state index contributed by atoms with van der Waals surface area (Å²) >= 11 is 0. The molecule has 0 atom stereocenters. The van der Waals surface area contributed by atoms with E-state index in [0.29, 0.717) is 5.56 Å². The predicted octanol–water partition coefficient (Wildman–Crippen LogP) is 2.59. The maximum Gasteiger partial charge on any atom is 0.338 e. The Morgan fingerprint density at radius 2 is 1.81 bits per heavy atom. The van der Waals surface area contributed by atoms with E-state index < -0.39 is 15.8 Å². The molecule has 0 unspecified atom stereocenters. The fraction of sp³-hybridized carbons (Fsp3) is 0.133.